The summed E-state index contributed by atoms with van der Waals surface area (Å²) in [4.78, 5) is 9.43. The number of piperazine rings is 1. The number of nitrogens with two attached hydrogens (primary N) is 1. The van der Waals surface area contributed by atoms with Crippen LogP contribution in [0.5, 0.6) is 0 Å². The number of hydrogen-bond donors (Lipinski definition) is 1. The predicted molar refractivity (Wildman–Crippen MR) is 75.8 cm³/mol. The summed E-state index contributed by atoms with van der Waals surface area (Å²) in [5, 5.41) is 0. The Bertz CT molecular complexity index is 383. The maximum atomic E-state index is 5.86. The molecule has 0 aliphatic carbocycles. The van der Waals surface area contributed by atoms with Gasteiger partial charge in [-0.1, -0.05) is 6.92 Å². The molecule has 2 heterocycles. The van der Waals surface area contributed by atoms with Gasteiger partial charge in [0.2, 0.25) is 0 Å². The highest BCUT2D eigenvalue weighted by atomic mass is 15.3. The quantitative estimate of drug-likeness (QED) is 0.874. The second-order valence-electron chi connectivity index (χ2n) is 4.96. The summed E-state index contributed by atoms with van der Waals surface area (Å²) in [6.45, 7) is 10.5. The zero-order chi connectivity index (χ0) is 13.0. The van der Waals surface area contributed by atoms with Crippen molar-refractivity contribution < 1.29 is 0 Å². The Labute approximate surface area is 110 Å². The first-order valence-electron chi connectivity index (χ1n) is 6.88. The molecule has 1 fully saturated rings. The van der Waals surface area contributed by atoms with Gasteiger partial charge in [0.25, 0.3) is 0 Å². The van der Waals surface area contributed by atoms with Gasteiger partial charge in [-0.05, 0) is 31.5 Å². The van der Waals surface area contributed by atoms with Crippen LogP contribution in [0.3, 0.4) is 0 Å². The maximum Gasteiger partial charge on any atom is 0.133 e. The normalized spacial score (nSPS) is 17.2. The molecule has 1 aliphatic rings. The van der Waals surface area contributed by atoms with E-state index in [0.29, 0.717) is 6.54 Å². The average molecular weight is 248 g/mol. The van der Waals surface area contributed by atoms with Gasteiger partial charge < -0.3 is 10.6 Å². The lowest BCUT2D eigenvalue weighted by atomic mass is 10.1. The van der Waals surface area contributed by atoms with E-state index in [2.05, 4.69) is 28.6 Å². The van der Waals surface area contributed by atoms with E-state index in [1.807, 2.05) is 12.3 Å². The van der Waals surface area contributed by atoms with Crippen LogP contribution in [0.2, 0.25) is 0 Å². The SMILES string of the molecule is CCCN1CCN(c2nccc(C)c2CN)CC1. The fourth-order valence-corrected chi connectivity index (χ4v) is 2.60. The van der Waals surface area contributed by atoms with Crippen LogP contribution in [0.1, 0.15) is 24.5 Å². The molecule has 1 aromatic rings. The summed E-state index contributed by atoms with van der Waals surface area (Å²) < 4.78 is 0. The van der Waals surface area contributed by atoms with Crippen LogP contribution in [0.25, 0.3) is 0 Å². The lowest BCUT2D eigenvalue weighted by Crippen LogP contribution is -2.47. The minimum atomic E-state index is 0.574. The summed E-state index contributed by atoms with van der Waals surface area (Å²) in [6, 6.07) is 2.04. The Hall–Kier alpha value is -1.13. The number of rotatable bonds is 4. The van der Waals surface area contributed by atoms with Gasteiger partial charge in [0.05, 0.1) is 0 Å². The highest BCUT2D eigenvalue weighted by Gasteiger charge is 2.19. The van der Waals surface area contributed by atoms with Gasteiger partial charge in [0, 0.05) is 44.5 Å². The molecule has 0 aromatic carbocycles. The number of nitrogens with zero attached hydrogens (tertiary/aromatic N) is 3. The van der Waals surface area contributed by atoms with Crippen LogP contribution in [0, 0.1) is 6.92 Å². The molecule has 18 heavy (non-hydrogen) atoms. The summed E-state index contributed by atoms with van der Waals surface area (Å²) in [6.07, 6.45) is 3.12. The van der Waals surface area contributed by atoms with E-state index in [1.54, 1.807) is 0 Å². The smallest absolute Gasteiger partial charge is 0.133 e. The molecule has 2 rings (SSSR count). The van der Waals surface area contributed by atoms with Gasteiger partial charge >= 0.3 is 0 Å². The van der Waals surface area contributed by atoms with Gasteiger partial charge in [0.15, 0.2) is 0 Å². The number of anilines is 1. The molecule has 0 bridgehead atoms. The van der Waals surface area contributed by atoms with Crippen molar-refractivity contribution in [2.24, 2.45) is 5.73 Å². The molecule has 0 unspecified atom stereocenters. The zero-order valence-corrected chi connectivity index (χ0v) is 11.5. The molecule has 4 nitrogen and oxygen atoms in total. The molecule has 1 aromatic heterocycles. The highest BCUT2D eigenvalue weighted by Crippen LogP contribution is 2.21. The molecule has 2 N–H and O–H groups in total. The van der Waals surface area contributed by atoms with Crippen molar-refractivity contribution in [2.75, 3.05) is 37.6 Å². The second kappa shape index (κ2) is 6.16. The van der Waals surface area contributed by atoms with Crippen molar-refractivity contribution in [3.63, 3.8) is 0 Å². The van der Waals surface area contributed by atoms with Crippen LogP contribution in [-0.4, -0.2) is 42.6 Å². The summed E-state index contributed by atoms with van der Waals surface area (Å²) in [5.74, 6) is 1.09. The predicted octanol–water partition coefficient (Wildman–Crippen LogP) is 1.38. The minimum Gasteiger partial charge on any atom is -0.354 e. The Morgan fingerprint density at radius 1 is 1.28 bits per heavy atom. The van der Waals surface area contributed by atoms with Crippen molar-refractivity contribution in [1.82, 2.24) is 9.88 Å². The largest absolute Gasteiger partial charge is 0.354 e. The van der Waals surface area contributed by atoms with Crippen LogP contribution in [0.15, 0.2) is 12.3 Å². The van der Waals surface area contributed by atoms with Crippen LogP contribution < -0.4 is 10.6 Å². The molecule has 0 saturated carbocycles. The summed E-state index contributed by atoms with van der Waals surface area (Å²) in [7, 11) is 0. The van der Waals surface area contributed by atoms with E-state index in [0.717, 1.165) is 32.0 Å². The fourth-order valence-electron chi connectivity index (χ4n) is 2.60. The van der Waals surface area contributed by atoms with Crippen molar-refractivity contribution >= 4 is 5.82 Å². The third-order valence-corrected chi connectivity index (χ3v) is 3.68. The van der Waals surface area contributed by atoms with Gasteiger partial charge in [-0.15, -0.1) is 0 Å². The summed E-state index contributed by atoms with van der Waals surface area (Å²) in [5.41, 5.74) is 8.30. The first-order chi connectivity index (χ1) is 8.76. The number of hydrogen-bond acceptors (Lipinski definition) is 4. The van der Waals surface area contributed by atoms with Gasteiger partial charge in [-0.2, -0.15) is 0 Å². The van der Waals surface area contributed by atoms with Gasteiger partial charge in [-0.25, -0.2) is 4.98 Å². The Balaban J connectivity index is 2.07. The lowest BCUT2D eigenvalue weighted by molar-refractivity contribution is 0.258. The molecule has 0 spiro atoms. The third kappa shape index (κ3) is 2.82. The fraction of sp³-hybridized carbons (Fsp3) is 0.643. The zero-order valence-electron chi connectivity index (χ0n) is 11.5. The van der Waals surface area contributed by atoms with Crippen LogP contribution >= 0.6 is 0 Å². The monoisotopic (exact) mass is 248 g/mol. The number of aryl methyl sites for hydroxylation is 1. The van der Waals surface area contributed by atoms with Crippen LogP contribution in [0.4, 0.5) is 5.82 Å². The first kappa shape index (κ1) is 13.3. The van der Waals surface area contributed by atoms with Crippen molar-refractivity contribution in [1.29, 1.82) is 0 Å². The first-order valence-corrected chi connectivity index (χ1v) is 6.88. The van der Waals surface area contributed by atoms with E-state index < -0.39 is 0 Å². The van der Waals surface area contributed by atoms with Crippen LogP contribution in [-0.2, 0) is 6.54 Å². The molecular weight excluding hydrogens is 224 g/mol. The third-order valence-electron chi connectivity index (χ3n) is 3.68. The number of pyridine rings is 1. The minimum absolute atomic E-state index is 0.574. The highest BCUT2D eigenvalue weighted by molar-refractivity contribution is 5.50. The Morgan fingerprint density at radius 3 is 2.61 bits per heavy atom. The van der Waals surface area contributed by atoms with Crippen molar-refractivity contribution in [3.05, 3.63) is 23.4 Å². The molecule has 100 valence electrons. The van der Waals surface area contributed by atoms with Crippen molar-refractivity contribution in [2.45, 2.75) is 26.8 Å². The van der Waals surface area contributed by atoms with E-state index in [9.17, 15) is 0 Å². The molecule has 0 atom stereocenters. The molecule has 1 saturated heterocycles. The van der Waals surface area contributed by atoms with Gasteiger partial charge in [0.1, 0.15) is 5.82 Å². The van der Waals surface area contributed by atoms with E-state index in [-0.39, 0.29) is 0 Å². The molecule has 1 aliphatic heterocycles. The standard InChI is InChI=1S/C14H24N4/c1-3-6-17-7-9-18(10-8-17)14-13(11-15)12(2)4-5-16-14/h4-5H,3,6-11,15H2,1-2H3. The topological polar surface area (TPSA) is 45.4 Å². The number of aromatic nitrogens is 1. The van der Waals surface area contributed by atoms with Gasteiger partial charge in [-0.3, -0.25) is 4.90 Å². The average Bonchev–Trinajstić information content (AvgIpc) is 2.40. The maximum absolute atomic E-state index is 5.86. The van der Waals surface area contributed by atoms with E-state index in [4.69, 9.17) is 5.73 Å². The van der Waals surface area contributed by atoms with E-state index >= 15 is 0 Å². The Kier molecular flexibility index (Phi) is 4.55. The molecule has 4 heteroatoms. The van der Waals surface area contributed by atoms with Crippen molar-refractivity contribution in [3.8, 4) is 0 Å². The summed E-state index contributed by atoms with van der Waals surface area (Å²) >= 11 is 0. The molecule has 0 amide bonds. The lowest BCUT2D eigenvalue weighted by Gasteiger charge is -2.36. The molecular formula is C14H24N4. The molecule has 0 radical (unpaired) electrons. The Morgan fingerprint density at radius 2 is 2.00 bits per heavy atom. The van der Waals surface area contributed by atoms with E-state index in [1.165, 1.54) is 24.1 Å². The second-order valence-corrected chi connectivity index (χ2v) is 4.96.